The minimum absolute atomic E-state index is 0.871. The van der Waals surface area contributed by atoms with E-state index in [1.165, 1.54) is 0 Å². The van der Waals surface area contributed by atoms with Crippen molar-refractivity contribution in [3.05, 3.63) is 42.5 Å². The van der Waals surface area contributed by atoms with Gasteiger partial charge in [0, 0.05) is 11.9 Å². The summed E-state index contributed by atoms with van der Waals surface area (Å²) in [5.74, 6) is 0. The van der Waals surface area contributed by atoms with Crippen molar-refractivity contribution in [1.82, 2.24) is 19.9 Å². The van der Waals surface area contributed by atoms with E-state index < -0.39 is 0 Å². The third-order valence-electron chi connectivity index (χ3n) is 2.36. The summed E-state index contributed by atoms with van der Waals surface area (Å²) in [5, 5.41) is 2.91. The fourth-order valence-electron chi connectivity index (χ4n) is 1.64. The highest BCUT2D eigenvalue weighted by molar-refractivity contribution is 7.99. The lowest BCUT2D eigenvalue weighted by atomic mass is 10.4. The molecule has 0 saturated heterocycles. The highest BCUT2D eigenvalue weighted by Crippen LogP contribution is 2.29. The van der Waals surface area contributed by atoms with Crippen molar-refractivity contribution in [2.75, 3.05) is 0 Å². The van der Waals surface area contributed by atoms with Crippen LogP contribution in [-0.2, 0) is 0 Å². The van der Waals surface area contributed by atoms with Crippen LogP contribution in [0.3, 0.4) is 0 Å². The zero-order valence-electron chi connectivity index (χ0n) is 9.21. The number of aryl methyl sites for hydroxylation is 1. The second-order valence-corrected chi connectivity index (χ2v) is 4.67. The highest BCUT2D eigenvalue weighted by Gasteiger charge is 2.08. The number of aromatic amines is 1. The van der Waals surface area contributed by atoms with E-state index >= 15 is 0 Å². The summed E-state index contributed by atoms with van der Waals surface area (Å²) in [7, 11) is 0. The standard InChI is InChI=1S/C12H10N4S/c1-8-6-9-11(16-8)14-7-15-12(9)17-10-4-2-3-5-13-10/h2-7H,1H3,(H,14,15,16). The minimum atomic E-state index is 0.871. The number of nitrogens with zero attached hydrogens (tertiary/aromatic N) is 3. The number of aromatic nitrogens is 4. The van der Waals surface area contributed by atoms with Crippen molar-refractivity contribution in [1.29, 1.82) is 0 Å². The Morgan fingerprint density at radius 2 is 2.12 bits per heavy atom. The summed E-state index contributed by atoms with van der Waals surface area (Å²) in [6, 6.07) is 7.90. The predicted octanol–water partition coefficient (Wildman–Crippen LogP) is 2.81. The van der Waals surface area contributed by atoms with Gasteiger partial charge in [0.05, 0.1) is 5.39 Å². The maximum atomic E-state index is 4.31. The van der Waals surface area contributed by atoms with Gasteiger partial charge in [-0.2, -0.15) is 0 Å². The van der Waals surface area contributed by atoms with Gasteiger partial charge in [-0.3, -0.25) is 0 Å². The molecule has 3 aromatic rings. The van der Waals surface area contributed by atoms with Gasteiger partial charge in [-0.1, -0.05) is 6.07 Å². The monoisotopic (exact) mass is 242 g/mol. The molecule has 0 bridgehead atoms. The molecule has 0 aliphatic heterocycles. The van der Waals surface area contributed by atoms with E-state index in [0.717, 1.165) is 26.8 Å². The number of pyridine rings is 1. The van der Waals surface area contributed by atoms with Crippen molar-refractivity contribution >= 4 is 22.8 Å². The molecule has 17 heavy (non-hydrogen) atoms. The third-order valence-corrected chi connectivity index (χ3v) is 3.33. The molecule has 3 rings (SSSR count). The molecule has 0 fully saturated rings. The number of fused-ring (bicyclic) bond motifs is 1. The van der Waals surface area contributed by atoms with Crippen LogP contribution in [0.15, 0.2) is 46.8 Å². The van der Waals surface area contributed by atoms with E-state index in [1.54, 1.807) is 24.3 Å². The first-order valence-electron chi connectivity index (χ1n) is 5.22. The molecular formula is C12H10N4S. The normalized spacial score (nSPS) is 10.9. The molecule has 0 aliphatic rings. The lowest BCUT2D eigenvalue weighted by Gasteiger charge is -2.00. The van der Waals surface area contributed by atoms with E-state index in [0.29, 0.717) is 0 Å². The predicted molar refractivity (Wildman–Crippen MR) is 67.0 cm³/mol. The summed E-state index contributed by atoms with van der Waals surface area (Å²) < 4.78 is 0. The second-order valence-electron chi connectivity index (χ2n) is 3.66. The molecule has 0 aromatic carbocycles. The van der Waals surface area contributed by atoms with Crippen LogP contribution in [0.1, 0.15) is 5.69 Å². The molecule has 0 aliphatic carbocycles. The summed E-state index contributed by atoms with van der Waals surface area (Å²) in [5.41, 5.74) is 1.96. The zero-order chi connectivity index (χ0) is 11.7. The van der Waals surface area contributed by atoms with Gasteiger partial charge >= 0.3 is 0 Å². The first-order chi connectivity index (χ1) is 8.33. The van der Waals surface area contributed by atoms with Gasteiger partial charge in [0.25, 0.3) is 0 Å². The topological polar surface area (TPSA) is 54.5 Å². The Morgan fingerprint density at radius 3 is 2.94 bits per heavy atom. The Morgan fingerprint density at radius 1 is 1.18 bits per heavy atom. The fraction of sp³-hybridized carbons (Fsp3) is 0.0833. The van der Waals surface area contributed by atoms with Crippen molar-refractivity contribution < 1.29 is 0 Å². The molecule has 3 heterocycles. The number of rotatable bonds is 2. The van der Waals surface area contributed by atoms with E-state index in [2.05, 4.69) is 26.0 Å². The molecule has 0 saturated carbocycles. The van der Waals surface area contributed by atoms with Crippen LogP contribution >= 0.6 is 11.8 Å². The lowest BCUT2D eigenvalue weighted by Crippen LogP contribution is -1.85. The third kappa shape index (κ3) is 2.01. The Kier molecular flexibility index (Phi) is 2.53. The average Bonchev–Trinajstić information content (AvgIpc) is 2.72. The molecule has 5 heteroatoms. The average molecular weight is 242 g/mol. The quantitative estimate of drug-likeness (QED) is 0.702. The Balaban J connectivity index is 2.06. The number of H-pyrrole nitrogens is 1. The fourth-order valence-corrected chi connectivity index (χ4v) is 2.46. The van der Waals surface area contributed by atoms with Gasteiger partial charge in [-0.15, -0.1) is 0 Å². The van der Waals surface area contributed by atoms with Crippen molar-refractivity contribution in [3.63, 3.8) is 0 Å². The van der Waals surface area contributed by atoms with Gasteiger partial charge in [0.2, 0.25) is 0 Å². The molecule has 3 aromatic heterocycles. The molecule has 84 valence electrons. The smallest absolute Gasteiger partial charge is 0.142 e. The first kappa shape index (κ1) is 10.3. The summed E-state index contributed by atoms with van der Waals surface area (Å²) in [4.78, 5) is 16.0. The van der Waals surface area contributed by atoms with Gasteiger partial charge in [0.15, 0.2) is 0 Å². The van der Waals surface area contributed by atoms with Crippen molar-refractivity contribution in [2.45, 2.75) is 17.0 Å². The molecule has 0 unspecified atom stereocenters. The van der Waals surface area contributed by atoms with Gasteiger partial charge < -0.3 is 4.98 Å². The minimum Gasteiger partial charge on any atom is -0.343 e. The van der Waals surface area contributed by atoms with E-state index in [4.69, 9.17) is 0 Å². The van der Waals surface area contributed by atoms with E-state index in [-0.39, 0.29) is 0 Å². The van der Waals surface area contributed by atoms with Crippen LogP contribution < -0.4 is 0 Å². The maximum Gasteiger partial charge on any atom is 0.142 e. The number of hydrogen-bond donors (Lipinski definition) is 1. The molecule has 0 spiro atoms. The van der Waals surface area contributed by atoms with Crippen molar-refractivity contribution in [3.8, 4) is 0 Å². The van der Waals surface area contributed by atoms with Gasteiger partial charge in [-0.05, 0) is 36.9 Å². The van der Waals surface area contributed by atoms with Crippen LogP contribution in [0.5, 0.6) is 0 Å². The number of nitrogens with one attached hydrogen (secondary N) is 1. The van der Waals surface area contributed by atoms with Gasteiger partial charge in [0.1, 0.15) is 22.0 Å². The second kappa shape index (κ2) is 4.18. The van der Waals surface area contributed by atoms with E-state index in [9.17, 15) is 0 Å². The molecule has 4 nitrogen and oxygen atoms in total. The van der Waals surface area contributed by atoms with Crippen LogP contribution in [0.4, 0.5) is 0 Å². The lowest BCUT2D eigenvalue weighted by molar-refractivity contribution is 1.07. The van der Waals surface area contributed by atoms with Crippen molar-refractivity contribution in [2.24, 2.45) is 0 Å². The molecule has 0 amide bonds. The summed E-state index contributed by atoms with van der Waals surface area (Å²) >= 11 is 1.55. The van der Waals surface area contributed by atoms with E-state index in [1.807, 2.05) is 25.1 Å². The molecule has 0 radical (unpaired) electrons. The Bertz CT molecular complexity index is 648. The number of hydrogen-bond acceptors (Lipinski definition) is 4. The largest absolute Gasteiger partial charge is 0.343 e. The SMILES string of the molecule is Cc1cc2c(Sc3ccccn3)ncnc2[nH]1. The summed E-state index contributed by atoms with van der Waals surface area (Å²) in [6.07, 6.45) is 3.35. The Labute approximate surface area is 103 Å². The Hall–Kier alpha value is -1.88. The zero-order valence-corrected chi connectivity index (χ0v) is 10.0. The summed E-state index contributed by atoms with van der Waals surface area (Å²) in [6.45, 7) is 2.01. The molecule has 0 atom stereocenters. The van der Waals surface area contributed by atoms with Crippen LogP contribution in [0, 0.1) is 6.92 Å². The molecular weight excluding hydrogens is 232 g/mol. The first-order valence-corrected chi connectivity index (χ1v) is 6.04. The molecule has 1 N–H and O–H groups in total. The van der Waals surface area contributed by atoms with Gasteiger partial charge in [-0.25, -0.2) is 15.0 Å². The highest BCUT2D eigenvalue weighted by atomic mass is 32.2. The maximum absolute atomic E-state index is 4.31. The van der Waals surface area contributed by atoms with Crippen LogP contribution in [0.2, 0.25) is 0 Å². The van der Waals surface area contributed by atoms with Crippen LogP contribution in [0.25, 0.3) is 11.0 Å². The van der Waals surface area contributed by atoms with Crippen LogP contribution in [-0.4, -0.2) is 19.9 Å².